The van der Waals surface area contributed by atoms with Crippen molar-refractivity contribution in [2.75, 3.05) is 38.1 Å². The van der Waals surface area contributed by atoms with E-state index in [0.29, 0.717) is 6.54 Å². The zero-order valence-electron chi connectivity index (χ0n) is 9.16. The van der Waals surface area contributed by atoms with Gasteiger partial charge in [0.1, 0.15) is 5.88 Å². The Hall–Kier alpha value is -0.110. The van der Waals surface area contributed by atoms with Crippen molar-refractivity contribution in [1.82, 2.24) is 5.32 Å². The molecule has 0 spiro atoms. The molecule has 1 amide bonds. The third-order valence-corrected chi connectivity index (χ3v) is 1.55. The highest BCUT2D eigenvalue weighted by Gasteiger charge is 1.92. The third-order valence-electron chi connectivity index (χ3n) is 0.790. The second-order valence-corrected chi connectivity index (χ2v) is 3.16. The smallest absolute Gasteiger partial charge is 0.236 e. The summed E-state index contributed by atoms with van der Waals surface area (Å²) in [4.78, 5) is 19.7. The molecule has 0 aromatic rings. The maximum absolute atomic E-state index is 10.2. The molecule has 0 bridgehead atoms. The van der Waals surface area contributed by atoms with Crippen LogP contribution >= 0.6 is 34.8 Å². The number of carbonyl (C=O) groups excluding carboxylic acids is 2. The number of hydrogen-bond donors (Lipinski definition) is 4. The van der Waals surface area contributed by atoms with Crippen LogP contribution in [0.3, 0.4) is 0 Å². The molecule has 0 rings (SSSR count). The number of halogens is 3. The second-order valence-electron chi connectivity index (χ2n) is 2.21. The molecule has 0 aromatic carbocycles. The second kappa shape index (κ2) is 21.2. The summed E-state index contributed by atoms with van der Waals surface area (Å²) in [5.41, 5.74) is 4.78. The minimum Gasteiger partial charge on any atom is -0.395 e. The van der Waals surface area contributed by atoms with Crippen LogP contribution in [0, 0.1) is 0 Å². The van der Waals surface area contributed by atoms with Crippen molar-refractivity contribution < 1.29 is 19.8 Å². The third kappa shape index (κ3) is 38.8. The van der Waals surface area contributed by atoms with Gasteiger partial charge in [-0.05, 0) is 11.6 Å². The van der Waals surface area contributed by atoms with Crippen LogP contribution in [0.2, 0.25) is 0 Å². The molecule has 9 heteroatoms. The van der Waals surface area contributed by atoms with Crippen LogP contribution < -0.4 is 11.1 Å². The average molecular weight is 312 g/mol. The van der Waals surface area contributed by atoms with Gasteiger partial charge in [-0.1, -0.05) is 0 Å². The average Bonchev–Trinajstić information content (AvgIpc) is 2.36. The molecule has 0 radical (unpaired) electrons. The van der Waals surface area contributed by atoms with Crippen molar-refractivity contribution in [3.63, 3.8) is 0 Å². The summed E-state index contributed by atoms with van der Waals surface area (Å²) >= 11 is 14.6. The van der Waals surface area contributed by atoms with E-state index in [1.165, 1.54) is 0 Å². The highest BCUT2D eigenvalue weighted by atomic mass is 35.5. The zero-order valence-corrected chi connectivity index (χ0v) is 11.4. The number of rotatable bonds is 5. The number of aliphatic hydroxyl groups is 2. The van der Waals surface area contributed by atoms with Gasteiger partial charge in [-0.2, -0.15) is 0 Å². The van der Waals surface area contributed by atoms with Crippen LogP contribution in [-0.2, 0) is 9.59 Å². The molecule has 104 valence electrons. The molecule has 0 atom stereocenters. The van der Waals surface area contributed by atoms with Crippen LogP contribution in [0.1, 0.15) is 0 Å². The number of alkyl halides is 2. The molecular weight excluding hydrogens is 294 g/mol. The largest absolute Gasteiger partial charge is 0.395 e. The molecule has 17 heavy (non-hydrogen) atoms. The summed E-state index contributed by atoms with van der Waals surface area (Å²) in [6, 6.07) is 0. The lowest BCUT2D eigenvalue weighted by Gasteiger charge is -1.95. The SMILES string of the molecule is NCCO.O=C(CCl)NCCO.O=C(Cl)CCl. The van der Waals surface area contributed by atoms with Gasteiger partial charge in [0.15, 0.2) is 0 Å². The van der Waals surface area contributed by atoms with Crippen molar-refractivity contribution in [3.05, 3.63) is 0 Å². The summed E-state index contributed by atoms with van der Waals surface area (Å²) in [5.74, 6) is -0.387. The molecule has 6 nitrogen and oxygen atoms in total. The molecule has 0 saturated carbocycles. The maximum atomic E-state index is 10.2. The summed E-state index contributed by atoms with van der Waals surface area (Å²) in [6.07, 6.45) is 0. The Labute approximate surface area is 115 Å². The number of nitrogens with one attached hydrogen (secondary N) is 1. The molecule has 0 aromatic heterocycles. The van der Waals surface area contributed by atoms with Crippen molar-refractivity contribution in [2.45, 2.75) is 0 Å². The first-order chi connectivity index (χ1) is 7.99. The number of aliphatic hydroxyl groups excluding tert-OH is 2. The van der Waals surface area contributed by atoms with Crippen LogP contribution in [0.5, 0.6) is 0 Å². The normalized spacial score (nSPS) is 8.12. The van der Waals surface area contributed by atoms with Crippen LogP contribution in [-0.4, -0.2) is 59.4 Å². The van der Waals surface area contributed by atoms with Gasteiger partial charge in [0, 0.05) is 13.1 Å². The lowest BCUT2D eigenvalue weighted by Crippen LogP contribution is -2.27. The first-order valence-corrected chi connectivity index (χ1v) is 5.93. The molecule has 0 heterocycles. The molecule has 5 N–H and O–H groups in total. The predicted molar refractivity (Wildman–Crippen MR) is 68.5 cm³/mol. The minimum absolute atomic E-state index is 0.0391. The predicted octanol–water partition coefficient (Wildman–Crippen LogP) is -0.738. The first kappa shape index (κ1) is 22.1. The highest BCUT2D eigenvalue weighted by molar-refractivity contribution is 6.67. The van der Waals surface area contributed by atoms with E-state index in [9.17, 15) is 9.59 Å². The molecule has 0 aliphatic carbocycles. The van der Waals surface area contributed by atoms with E-state index in [2.05, 4.69) is 5.32 Å². The van der Waals surface area contributed by atoms with Crippen LogP contribution in [0.25, 0.3) is 0 Å². The highest BCUT2D eigenvalue weighted by Crippen LogP contribution is 1.80. The number of nitrogens with two attached hydrogens (primary N) is 1. The van der Waals surface area contributed by atoms with E-state index in [0.717, 1.165) is 0 Å². The van der Waals surface area contributed by atoms with E-state index < -0.39 is 5.24 Å². The van der Waals surface area contributed by atoms with Crippen LogP contribution in [0.4, 0.5) is 0 Å². The van der Waals surface area contributed by atoms with Gasteiger partial charge in [0.2, 0.25) is 11.1 Å². The molecular formula is C8H17Cl3N2O4. The topological polar surface area (TPSA) is 113 Å². The molecule has 0 fully saturated rings. The first-order valence-electron chi connectivity index (χ1n) is 4.48. The Balaban J connectivity index is -0.000000188. The Morgan fingerprint density at radius 2 is 1.53 bits per heavy atom. The van der Waals surface area contributed by atoms with Gasteiger partial charge < -0.3 is 21.3 Å². The van der Waals surface area contributed by atoms with Crippen molar-refractivity contribution in [3.8, 4) is 0 Å². The molecule has 0 aliphatic rings. The van der Waals surface area contributed by atoms with Gasteiger partial charge in [0.05, 0.1) is 19.1 Å². The molecule has 0 saturated heterocycles. The Kier molecular flexibility index (Phi) is 27.6. The summed E-state index contributed by atoms with van der Waals surface area (Å²) in [5, 5.41) is 17.8. The molecule has 0 aliphatic heterocycles. The van der Waals surface area contributed by atoms with Gasteiger partial charge in [-0.15, -0.1) is 23.2 Å². The fourth-order valence-corrected chi connectivity index (χ4v) is 0.337. The Morgan fingerprint density at radius 1 is 1.12 bits per heavy atom. The maximum Gasteiger partial charge on any atom is 0.236 e. The number of carbonyl (C=O) groups is 2. The Bertz CT molecular complexity index is 182. The lowest BCUT2D eigenvalue weighted by atomic mass is 10.6. The van der Waals surface area contributed by atoms with E-state index in [-0.39, 0.29) is 37.4 Å². The summed E-state index contributed by atoms with van der Waals surface area (Å²) in [6.45, 7) is 0.716. The Morgan fingerprint density at radius 3 is 1.71 bits per heavy atom. The standard InChI is InChI=1S/C4H8ClNO2.C2H2Cl2O.C2H7NO/c5-3-4(8)6-1-2-7;3-1-2(4)5;3-1-2-4/h7H,1-3H2,(H,6,8);1H2;4H,1-3H2. The van der Waals surface area contributed by atoms with Crippen molar-refractivity contribution >= 4 is 46.0 Å². The van der Waals surface area contributed by atoms with E-state index in [1.54, 1.807) is 0 Å². The fourth-order valence-electron chi connectivity index (χ4n) is 0.243. The number of amides is 1. The monoisotopic (exact) mass is 310 g/mol. The molecule has 0 unspecified atom stereocenters. The minimum atomic E-state index is -0.508. The zero-order chi connectivity index (χ0) is 14.1. The quantitative estimate of drug-likeness (QED) is 0.395. The van der Waals surface area contributed by atoms with Crippen molar-refractivity contribution in [1.29, 1.82) is 0 Å². The van der Waals surface area contributed by atoms with Gasteiger partial charge in [0.25, 0.3) is 0 Å². The number of hydrogen-bond acceptors (Lipinski definition) is 5. The van der Waals surface area contributed by atoms with Gasteiger partial charge in [-0.3, -0.25) is 9.59 Å². The summed E-state index contributed by atoms with van der Waals surface area (Å²) in [7, 11) is 0. The van der Waals surface area contributed by atoms with E-state index >= 15 is 0 Å². The van der Waals surface area contributed by atoms with E-state index in [1.807, 2.05) is 0 Å². The van der Waals surface area contributed by atoms with Gasteiger partial charge >= 0.3 is 0 Å². The van der Waals surface area contributed by atoms with E-state index in [4.69, 9.17) is 50.7 Å². The van der Waals surface area contributed by atoms with Gasteiger partial charge in [-0.25, -0.2) is 0 Å². The van der Waals surface area contributed by atoms with Crippen molar-refractivity contribution in [2.24, 2.45) is 5.73 Å². The fraction of sp³-hybridized carbons (Fsp3) is 0.750. The van der Waals surface area contributed by atoms with Crippen LogP contribution in [0.15, 0.2) is 0 Å². The summed E-state index contributed by atoms with van der Waals surface area (Å²) < 4.78 is 0. The lowest BCUT2D eigenvalue weighted by molar-refractivity contribution is -0.118.